The summed E-state index contributed by atoms with van der Waals surface area (Å²) in [4.78, 5) is 12.2. The van der Waals surface area contributed by atoms with Crippen LogP contribution in [0.1, 0.15) is 194 Å². The van der Waals surface area contributed by atoms with Crippen molar-refractivity contribution in [2.75, 3.05) is 19.8 Å². The van der Waals surface area contributed by atoms with Gasteiger partial charge in [-0.05, 0) is 64.2 Å². The standard InChI is InChI=1S/C47H82O4/c1-3-5-7-9-11-13-15-17-18-19-20-21-22-23-24-25-26-27-28-29-31-33-35-37-39-41-43-50-45-46(44-48)51-47(49)42-40-38-36-34-32-30-16-14-12-10-8-6-4-2/h5,7,11,13,17-18,20-21,23-24,26-27,46,48H,3-4,6,8-10,12,14-16,19,22,25,28-45H2,1-2H3/b7-5-,13-11-,18-17-,21-20-,24-23-,27-26-. The van der Waals surface area contributed by atoms with Crippen LogP contribution in [-0.4, -0.2) is 37.0 Å². The molecule has 4 nitrogen and oxygen atoms in total. The Balaban J connectivity index is 3.49. The number of unbranched alkanes of at least 4 members (excludes halogenated alkanes) is 19. The average Bonchev–Trinajstić information content (AvgIpc) is 3.14. The molecule has 0 aromatic heterocycles. The van der Waals surface area contributed by atoms with Gasteiger partial charge in [-0.25, -0.2) is 0 Å². The van der Waals surface area contributed by atoms with E-state index in [1.165, 1.54) is 109 Å². The van der Waals surface area contributed by atoms with Gasteiger partial charge >= 0.3 is 5.97 Å². The highest BCUT2D eigenvalue weighted by Gasteiger charge is 2.13. The molecule has 0 radical (unpaired) electrons. The number of rotatable bonds is 39. The van der Waals surface area contributed by atoms with Gasteiger partial charge in [-0.2, -0.15) is 0 Å². The van der Waals surface area contributed by atoms with E-state index in [2.05, 4.69) is 86.8 Å². The van der Waals surface area contributed by atoms with Crippen molar-refractivity contribution in [3.8, 4) is 0 Å². The number of ether oxygens (including phenoxy) is 2. The van der Waals surface area contributed by atoms with Crippen molar-refractivity contribution in [1.29, 1.82) is 0 Å². The van der Waals surface area contributed by atoms with E-state index in [1.807, 2.05) is 0 Å². The van der Waals surface area contributed by atoms with Gasteiger partial charge in [-0.15, -0.1) is 0 Å². The second-order valence-electron chi connectivity index (χ2n) is 14.0. The molecule has 0 saturated carbocycles. The fourth-order valence-electron chi connectivity index (χ4n) is 5.86. The third-order valence-electron chi connectivity index (χ3n) is 9.05. The molecule has 0 heterocycles. The SMILES string of the molecule is CC/C=C\C/C=C\C/C=C\C/C=C\C/C=C\C/C=C\CCCCCCCCCOCC(CO)OC(=O)CCCCCCCCCCCCCCC. The van der Waals surface area contributed by atoms with Gasteiger partial charge in [0.15, 0.2) is 0 Å². The number of aliphatic hydroxyl groups is 1. The number of hydrogen-bond donors (Lipinski definition) is 1. The molecular formula is C47H82O4. The van der Waals surface area contributed by atoms with Crippen LogP contribution >= 0.6 is 0 Å². The van der Waals surface area contributed by atoms with E-state index in [-0.39, 0.29) is 19.2 Å². The summed E-state index contributed by atoms with van der Waals surface area (Å²) in [5.41, 5.74) is 0. The van der Waals surface area contributed by atoms with E-state index in [0.717, 1.165) is 64.2 Å². The molecule has 0 spiro atoms. The van der Waals surface area contributed by atoms with Crippen molar-refractivity contribution in [3.63, 3.8) is 0 Å². The summed E-state index contributed by atoms with van der Waals surface area (Å²) in [7, 11) is 0. The predicted molar refractivity (Wildman–Crippen MR) is 223 cm³/mol. The van der Waals surface area contributed by atoms with Crippen LogP contribution in [0.4, 0.5) is 0 Å². The Morgan fingerprint density at radius 2 is 0.882 bits per heavy atom. The number of hydrogen-bond acceptors (Lipinski definition) is 4. The lowest BCUT2D eigenvalue weighted by Gasteiger charge is -2.16. The molecule has 0 aromatic rings. The zero-order valence-corrected chi connectivity index (χ0v) is 33.6. The van der Waals surface area contributed by atoms with Crippen LogP contribution in [-0.2, 0) is 14.3 Å². The lowest BCUT2D eigenvalue weighted by atomic mass is 10.0. The van der Waals surface area contributed by atoms with Crippen LogP contribution in [0.3, 0.4) is 0 Å². The molecule has 0 saturated heterocycles. The van der Waals surface area contributed by atoms with Crippen LogP contribution < -0.4 is 0 Å². The van der Waals surface area contributed by atoms with E-state index >= 15 is 0 Å². The zero-order chi connectivity index (χ0) is 37.0. The first kappa shape index (κ1) is 48.8. The number of carbonyl (C=O) groups is 1. The van der Waals surface area contributed by atoms with E-state index in [4.69, 9.17) is 9.47 Å². The minimum atomic E-state index is -0.541. The molecule has 294 valence electrons. The van der Waals surface area contributed by atoms with Gasteiger partial charge < -0.3 is 14.6 Å². The maximum absolute atomic E-state index is 12.2. The summed E-state index contributed by atoms with van der Waals surface area (Å²) in [6.07, 6.45) is 59.6. The number of aliphatic hydroxyl groups excluding tert-OH is 1. The average molecular weight is 711 g/mol. The Kier molecular flexibility index (Phi) is 42.1. The summed E-state index contributed by atoms with van der Waals surface area (Å²) >= 11 is 0. The lowest BCUT2D eigenvalue weighted by molar-refractivity contribution is -0.154. The number of allylic oxidation sites excluding steroid dienone is 12. The first-order chi connectivity index (χ1) is 25.2. The maximum atomic E-state index is 12.2. The van der Waals surface area contributed by atoms with Crippen molar-refractivity contribution in [3.05, 3.63) is 72.9 Å². The van der Waals surface area contributed by atoms with Crippen molar-refractivity contribution in [2.24, 2.45) is 0 Å². The number of carbonyl (C=O) groups excluding carboxylic acids is 1. The van der Waals surface area contributed by atoms with Crippen molar-refractivity contribution in [2.45, 2.75) is 200 Å². The van der Waals surface area contributed by atoms with Crippen LogP contribution in [0, 0.1) is 0 Å². The van der Waals surface area contributed by atoms with E-state index < -0.39 is 6.10 Å². The minimum Gasteiger partial charge on any atom is -0.457 e. The fourth-order valence-corrected chi connectivity index (χ4v) is 5.86. The summed E-state index contributed by atoms with van der Waals surface area (Å²) in [6, 6.07) is 0. The second-order valence-corrected chi connectivity index (χ2v) is 14.0. The Bertz CT molecular complexity index is 881. The highest BCUT2D eigenvalue weighted by Crippen LogP contribution is 2.14. The van der Waals surface area contributed by atoms with E-state index in [1.54, 1.807) is 0 Å². The molecule has 4 heteroatoms. The third-order valence-corrected chi connectivity index (χ3v) is 9.05. The Hall–Kier alpha value is -2.17. The van der Waals surface area contributed by atoms with Gasteiger partial charge in [0, 0.05) is 13.0 Å². The molecule has 0 bridgehead atoms. The molecule has 0 fully saturated rings. The molecule has 0 aliphatic carbocycles. The van der Waals surface area contributed by atoms with Crippen molar-refractivity contribution < 1.29 is 19.4 Å². The first-order valence-electron chi connectivity index (χ1n) is 21.5. The highest BCUT2D eigenvalue weighted by atomic mass is 16.6. The van der Waals surface area contributed by atoms with Gasteiger partial charge in [-0.3, -0.25) is 4.79 Å². The van der Waals surface area contributed by atoms with Crippen molar-refractivity contribution in [1.82, 2.24) is 0 Å². The molecule has 0 aromatic carbocycles. The topological polar surface area (TPSA) is 55.8 Å². The van der Waals surface area contributed by atoms with E-state index in [0.29, 0.717) is 13.0 Å². The van der Waals surface area contributed by atoms with Gasteiger partial charge in [-0.1, -0.05) is 196 Å². The third kappa shape index (κ3) is 42.1. The summed E-state index contributed by atoms with van der Waals surface area (Å²) in [6.45, 7) is 5.21. The summed E-state index contributed by atoms with van der Waals surface area (Å²) in [5.74, 6) is -0.207. The molecule has 0 aliphatic rings. The molecule has 0 amide bonds. The minimum absolute atomic E-state index is 0.178. The van der Waals surface area contributed by atoms with Crippen LogP contribution in [0.2, 0.25) is 0 Å². The van der Waals surface area contributed by atoms with Gasteiger partial charge in [0.2, 0.25) is 0 Å². The van der Waals surface area contributed by atoms with Gasteiger partial charge in [0.1, 0.15) is 6.10 Å². The monoisotopic (exact) mass is 711 g/mol. The lowest BCUT2D eigenvalue weighted by Crippen LogP contribution is -2.27. The van der Waals surface area contributed by atoms with Crippen LogP contribution in [0.5, 0.6) is 0 Å². The Morgan fingerprint density at radius 1 is 0.490 bits per heavy atom. The predicted octanol–water partition coefficient (Wildman–Crippen LogP) is 14.2. The second kappa shape index (κ2) is 44.0. The normalized spacial score (nSPS) is 13.1. The fraction of sp³-hybridized carbons (Fsp3) is 0.723. The molecule has 1 unspecified atom stereocenters. The van der Waals surface area contributed by atoms with E-state index in [9.17, 15) is 9.90 Å². The summed E-state index contributed by atoms with van der Waals surface area (Å²) < 4.78 is 11.1. The van der Waals surface area contributed by atoms with Gasteiger partial charge in [0.05, 0.1) is 13.2 Å². The smallest absolute Gasteiger partial charge is 0.306 e. The Labute approximate surface area is 317 Å². The largest absolute Gasteiger partial charge is 0.457 e. The number of esters is 1. The molecule has 0 aliphatic heterocycles. The van der Waals surface area contributed by atoms with Crippen molar-refractivity contribution >= 4 is 5.97 Å². The molecule has 1 atom stereocenters. The Morgan fingerprint density at radius 3 is 1.33 bits per heavy atom. The highest BCUT2D eigenvalue weighted by molar-refractivity contribution is 5.69. The summed E-state index contributed by atoms with van der Waals surface area (Å²) in [5, 5.41) is 9.59. The molecule has 1 N–H and O–H groups in total. The van der Waals surface area contributed by atoms with Gasteiger partial charge in [0.25, 0.3) is 0 Å². The molecule has 0 rings (SSSR count). The maximum Gasteiger partial charge on any atom is 0.306 e. The first-order valence-corrected chi connectivity index (χ1v) is 21.5. The molecular weight excluding hydrogens is 629 g/mol. The van der Waals surface area contributed by atoms with Crippen LogP contribution in [0.25, 0.3) is 0 Å². The van der Waals surface area contributed by atoms with Crippen LogP contribution in [0.15, 0.2) is 72.9 Å². The molecule has 51 heavy (non-hydrogen) atoms. The zero-order valence-electron chi connectivity index (χ0n) is 33.6. The quantitative estimate of drug-likeness (QED) is 0.0392.